The minimum atomic E-state index is -0.0645. The molecule has 20 heavy (non-hydrogen) atoms. The van der Waals surface area contributed by atoms with E-state index in [-0.39, 0.29) is 11.4 Å². The molecular weight excluding hydrogens is 280 g/mol. The van der Waals surface area contributed by atoms with Gasteiger partial charge in [0.1, 0.15) is 12.0 Å². The Morgan fingerprint density at radius 3 is 2.60 bits per heavy atom. The van der Waals surface area contributed by atoms with E-state index in [2.05, 4.69) is 15.3 Å². The summed E-state index contributed by atoms with van der Waals surface area (Å²) >= 11 is 5.97. The number of hydrogen-bond donors (Lipinski definition) is 1. The molecule has 1 unspecified atom stereocenters. The van der Waals surface area contributed by atoms with E-state index in [9.17, 15) is 0 Å². The summed E-state index contributed by atoms with van der Waals surface area (Å²) in [5.74, 6) is 2.04. The normalized spacial score (nSPS) is 16.6. The lowest BCUT2D eigenvalue weighted by atomic mass is 10.1. The number of hydrogen-bond acceptors (Lipinski definition) is 6. The van der Waals surface area contributed by atoms with Gasteiger partial charge in [0.15, 0.2) is 11.5 Å². The van der Waals surface area contributed by atoms with Gasteiger partial charge >= 0.3 is 0 Å². The maximum absolute atomic E-state index is 5.97. The summed E-state index contributed by atoms with van der Waals surface area (Å²) < 4.78 is 10.9. The molecule has 0 saturated carbocycles. The highest BCUT2D eigenvalue weighted by molar-refractivity contribution is 6.29. The number of benzene rings is 1. The maximum atomic E-state index is 5.97. The van der Waals surface area contributed by atoms with Gasteiger partial charge in [0.05, 0.1) is 25.1 Å². The standard InChI is InChI=1S/C13H15ClN4O2/c1-18(2)12-9-8-6(5-7(19-3)10(9)20-4)15-13(14)17-11(8)16-12/h5,12H,1-4H3,(H,15,16,17). The summed E-state index contributed by atoms with van der Waals surface area (Å²) in [6.45, 7) is 0. The summed E-state index contributed by atoms with van der Waals surface area (Å²) in [7, 11) is 7.18. The molecule has 0 fully saturated rings. The molecule has 0 saturated heterocycles. The molecule has 3 rings (SSSR count). The number of anilines is 1. The van der Waals surface area contributed by atoms with E-state index in [1.807, 2.05) is 25.1 Å². The molecule has 106 valence electrons. The van der Waals surface area contributed by atoms with Crippen LogP contribution >= 0.6 is 11.6 Å². The Balaban J connectivity index is 2.40. The van der Waals surface area contributed by atoms with E-state index in [1.54, 1.807) is 14.2 Å². The van der Waals surface area contributed by atoms with Crippen LogP contribution in [-0.2, 0) is 0 Å². The predicted octanol–water partition coefficient (Wildman–Crippen LogP) is 2.29. The van der Waals surface area contributed by atoms with Crippen LogP contribution in [0.1, 0.15) is 11.7 Å². The van der Waals surface area contributed by atoms with Gasteiger partial charge in [-0.05, 0) is 25.7 Å². The molecule has 7 heteroatoms. The highest BCUT2D eigenvalue weighted by Gasteiger charge is 2.33. The van der Waals surface area contributed by atoms with Crippen LogP contribution in [0.3, 0.4) is 0 Å². The SMILES string of the molecule is COc1cc2nc(Cl)nc3c2c(c1OC)C(N(C)C)N3. The lowest BCUT2D eigenvalue weighted by molar-refractivity contribution is 0.311. The number of aromatic nitrogens is 2. The summed E-state index contributed by atoms with van der Waals surface area (Å²) in [6, 6.07) is 1.81. The van der Waals surface area contributed by atoms with E-state index in [0.717, 1.165) is 22.3 Å². The first kappa shape index (κ1) is 13.2. The molecule has 6 nitrogen and oxygen atoms in total. The van der Waals surface area contributed by atoms with Gasteiger partial charge in [-0.1, -0.05) is 0 Å². The zero-order valence-electron chi connectivity index (χ0n) is 11.7. The van der Waals surface area contributed by atoms with Crippen molar-refractivity contribution in [1.29, 1.82) is 0 Å². The van der Waals surface area contributed by atoms with Crippen molar-refractivity contribution in [2.45, 2.75) is 6.17 Å². The summed E-state index contributed by atoms with van der Waals surface area (Å²) in [5.41, 5.74) is 1.71. The van der Waals surface area contributed by atoms with Crippen molar-refractivity contribution in [2.75, 3.05) is 33.6 Å². The number of methoxy groups -OCH3 is 2. The van der Waals surface area contributed by atoms with E-state index in [1.165, 1.54) is 0 Å². The maximum Gasteiger partial charge on any atom is 0.224 e. The van der Waals surface area contributed by atoms with Gasteiger partial charge in [0.25, 0.3) is 0 Å². The highest BCUT2D eigenvalue weighted by Crippen LogP contribution is 2.48. The highest BCUT2D eigenvalue weighted by atomic mass is 35.5. The van der Waals surface area contributed by atoms with E-state index >= 15 is 0 Å². The fourth-order valence-electron chi connectivity index (χ4n) is 2.57. The van der Waals surface area contributed by atoms with Crippen LogP contribution in [0.2, 0.25) is 5.28 Å². The first-order valence-electron chi connectivity index (χ1n) is 6.12. The van der Waals surface area contributed by atoms with Crippen LogP contribution in [0.4, 0.5) is 5.82 Å². The van der Waals surface area contributed by atoms with Crippen molar-refractivity contribution < 1.29 is 9.47 Å². The largest absolute Gasteiger partial charge is 0.493 e. The van der Waals surface area contributed by atoms with E-state index in [4.69, 9.17) is 21.1 Å². The van der Waals surface area contributed by atoms with Crippen LogP contribution in [0.25, 0.3) is 10.9 Å². The Labute approximate surface area is 121 Å². The quantitative estimate of drug-likeness (QED) is 0.877. The third-order valence-corrected chi connectivity index (χ3v) is 3.57. The Morgan fingerprint density at radius 1 is 1.25 bits per heavy atom. The van der Waals surface area contributed by atoms with Crippen molar-refractivity contribution in [1.82, 2.24) is 14.9 Å². The number of rotatable bonds is 3. The minimum absolute atomic E-state index is 0.0645. The molecule has 0 radical (unpaired) electrons. The van der Waals surface area contributed by atoms with Crippen molar-refractivity contribution in [3.05, 3.63) is 16.9 Å². The van der Waals surface area contributed by atoms with Gasteiger partial charge in [-0.15, -0.1) is 0 Å². The minimum Gasteiger partial charge on any atom is -0.493 e. The predicted molar refractivity (Wildman–Crippen MR) is 77.7 cm³/mol. The van der Waals surface area contributed by atoms with Gasteiger partial charge in [-0.2, -0.15) is 0 Å². The molecule has 1 aromatic heterocycles. The third kappa shape index (κ3) is 1.76. The van der Waals surface area contributed by atoms with Crippen LogP contribution in [0.15, 0.2) is 6.07 Å². The first-order valence-corrected chi connectivity index (χ1v) is 6.49. The van der Waals surface area contributed by atoms with E-state index in [0.29, 0.717) is 11.5 Å². The van der Waals surface area contributed by atoms with Crippen molar-refractivity contribution in [3.63, 3.8) is 0 Å². The second kappa shape index (κ2) is 4.64. The second-order valence-corrected chi connectivity index (χ2v) is 5.11. The molecule has 0 amide bonds. The molecule has 0 aliphatic carbocycles. The zero-order valence-corrected chi connectivity index (χ0v) is 12.4. The third-order valence-electron chi connectivity index (χ3n) is 3.40. The number of nitrogens with zero attached hydrogens (tertiary/aromatic N) is 3. The van der Waals surface area contributed by atoms with Crippen molar-refractivity contribution >= 4 is 28.3 Å². The fourth-order valence-corrected chi connectivity index (χ4v) is 2.75. The molecule has 1 aliphatic rings. The molecule has 2 heterocycles. The first-order chi connectivity index (χ1) is 9.56. The molecule has 0 bridgehead atoms. The smallest absolute Gasteiger partial charge is 0.224 e. The average molecular weight is 295 g/mol. The monoisotopic (exact) mass is 294 g/mol. The fraction of sp³-hybridized carbons (Fsp3) is 0.385. The molecule has 1 atom stereocenters. The number of ether oxygens (including phenoxy) is 2. The number of halogens is 1. The number of nitrogens with one attached hydrogen (secondary N) is 1. The summed E-state index contributed by atoms with van der Waals surface area (Å²) in [6.07, 6.45) is -0.0645. The molecule has 1 aromatic carbocycles. The molecule has 1 N–H and O–H groups in total. The lowest BCUT2D eigenvalue weighted by Gasteiger charge is -2.23. The van der Waals surface area contributed by atoms with Crippen molar-refractivity contribution in [2.24, 2.45) is 0 Å². The van der Waals surface area contributed by atoms with E-state index < -0.39 is 0 Å². The summed E-state index contributed by atoms with van der Waals surface area (Å²) in [5, 5.41) is 4.46. The summed E-state index contributed by atoms with van der Waals surface area (Å²) in [4.78, 5) is 10.6. The lowest BCUT2D eigenvalue weighted by Crippen LogP contribution is -2.24. The average Bonchev–Trinajstić information content (AvgIpc) is 2.78. The second-order valence-electron chi connectivity index (χ2n) is 4.77. The molecule has 0 spiro atoms. The Hall–Kier alpha value is -1.79. The zero-order chi connectivity index (χ0) is 14.4. The van der Waals surface area contributed by atoms with Crippen LogP contribution < -0.4 is 14.8 Å². The van der Waals surface area contributed by atoms with Gasteiger partial charge in [0.2, 0.25) is 5.28 Å². The van der Waals surface area contributed by atoms with Gasteiger partial charge in [-0.25, -0.2) is 9.97 Å². The Morgan fingerprint density at radius 2 is 2.00 bits per heavy atom. The molecule has 2 aromatic rings. The van der Waals surface area contributed by atoms with Crippen LogP contribution in [-0.4, -0.2) is 43.2 Å². The van der Waals surface area contributed by atoms with Gasteiger partial charge in [0, 0.05) is 11.6 Å². The van der Waals surface area contributed by atoms with Gasteiger partial charge in [-0.3, -0.25) is 4.90 Å². The topological polar surface area (TPSA) is 59.5 Å². The van der Waals surface area contributed by atoms with Crippen molar-refractivity contribution in [3.8, 4) is 11.5 Å². The molecular formula is C13H15ClN4O2. The Kier molecular flexibility index (Phi) is 3.07. The Bertz CT molecular complexity index is 690. The molecule has 1 aliphatic heterocycles. The van der Waals surface area contributed by atoms with Crippen LogP contribution in [0.5, 0.6) is 11.5 Å². The van der Waals surface area contributed by atoms with Crippen LogP contribution in [0, 0.1) is 0 Å². The van der Waals surface area contributed by atoms with Gasteiger partial charge < -0.3 is 14.8 Å².